The molecule has 0 fully saturated rings. The Kier molecular flexibility index (Phi) is 8.01. The van der Waals surface area contributed by atoms with Gasteiger partial charge in [0.25, 0.3) is 0 Å². The number of allylic oxidation sites excluding steroid dienone is 1. The lowest BCUT2D eigenvalue weighted by Crippen LogP contribution is -2.26. The Morgan fingerprint density at radius 3 is 2.91 bits per heavy atom. The molecule has 0 aliphatic rings. The first-order valence-corrected chi connectivity index (χ1v) is 4.19. The zero-order valence-electron chi connectivity index (χ0n) is 7.14. The van der Waals surface area contributed by atoms with E-state index in [9.17, 15) is 0 Å². The highest BCUT2D eigenvalue weighted by atomic mass is 35.5. The van der Waals surface area contributed by atoms with Gasteiger partial charge in [-0.1, -0.05) is 12.2 Å². The number of halogens is 1. The summed E-state index contributed by atoms with van der Waals surface area (Å²) < 4.78 is 4.87. The van der Waals surface area contributed by atoms with E-state index in [0.717, 1.165) is 13.1 Å². The fourth-order valence-corrected chi connectivity index (χ4v) is 0.916. The van der Waals surface area contributed by atoms with Crippen LogP contribution < -0.4 is 5.32 Å². The predicted octanol–water partition coefficient (Wildman–Crippen LogP) is 1.41. The number of hydrogen-bond donors (Lipinski definition) is 1. The van der Waals surface area contributed by atoms with E-state index in [4.69, 9.17) is 16.3 Å². The summed E-state index contributed by atoms with van der Waals surface area (Å²) in [5.74, 6) is 0. The van der Waals surface area contributed by atoms with Crippen molar-refractivity contribution in [3.05, 3.63) is 12.2 Å². The van der Waals surface area contributed by atoms with Crippen LogP contribution in [0.15, 0.2) is 12.2 Å². The molecule has 1 N–H and O–H groups in total. The topological polar surface area (TPSA) is 21.3 Å². The van der Waals surface area contributed by atoms with Crippen molar-refractivity contribution in [3.63, 3.8) is 0 Å². The zero-order chi connectivity index (χ0) is 8.53. The molecule has 1 atom stereocenters. The minimum atomic E-state index is 0.0743. The van der Waals surface area contributed by atoms with Crippen molar-refractivity contribution in [2.24, 2.45) is 0 Å². The third-order valence-corrected chi connectivity index (χ3v) is 1.49. The van der Waals surface area contributed by atoms with Crippen LogP contribution in [0.1, 0.15) is 6.92 Å². The molecule has 0 amide bonds. The minimum absolute atomic E-state index is 0.0743. The quantitative estimate of drug-likeness (QED) is 0.376. The van der Waals surface area contributed by atoms with E-state index in [1.807, 2.05) is 13.0 Å². The molecule has 0 aromatic heterocycles. The van der Waals surface area contributed by atoms with Crippen molar-refractivity contribution in [2.75, 3.05) is 26.8 Å². The van der Waals surface area contributed by atoms with Gasteiger partial charge in [0, 0.05) is 20.2 Å². The van der Waals surface area contributed by atoms with Gasteiger partial charge in [0.15, 0.2) is 0 Å². The molecule has 0 rings (SSSR count). The third-order valence-electron chi connectivity index (χ3n) is 1.21. The second kappa shape index (κ2) is 8.05. The fourth-order valence-electron chi connectivity index (χ4n) is 0.681. The highest BCUT2D eigenvalue weighted by Crippen LogP contribution is 1.92. The summed E-state index contributed by atoms with van der Waals surface area (Å²) in [5, 5.41) is 3.25. The van der Waals surface area contributed by atoms with E-state index in [0.29, 0.717) is 6.61 Å². The maximum atomic E-state index is 5.85. The molecule has 0 saturated carbocycles. The third kappa shape index (κ3) is 7.85. The van der Waals surface area contributed by atoms with E-state index >= 15 is 0 Å². The van der Waals surface area contributed by atoms with Gasteiger partial charge in [0.1, 0.15) is 0 Å². The van der Waals surface area contributed by atoms with Gasteiger partial charge in [-0.05, 0) is 6.92 Å². The van der Waals surface area contributed by atoms with Crippen LogP contribution in [0.4, 0.5) is 0 Å². The van der Waals surface area contributed by atoms with Crippen LogP contribution in [0.5, 0.6) is 0 Å². The Bertz CT molecular complexity index is 106. The number of methoxy groups -OCH3 is 1. The molecule has 0 aliphatic carbocycles. The molecule has 1 unspecified atom stereocenters. The average Bonchev–Trinajstić information content (AvgIpc) is 1.99. The Morgan fingerprint density at radius 1 is 1.64 bits per heavy atom. The van der Waals surface area contributed by atoms with Crippen LogP contribution in [0.2, 0.25) is 0 Å². The Labute approximate surface area is 73.6 Å². The van der Waals surface area contributed by atoms with Crippen LogP contribution >= 0.6 is 11.6 Å². The second-order valence-corrected chi connectivity index (χ2v) is 2.90. The van der Waals surface area contributed by atoms with E-state index in [-0.39, 0.29) is 5.38 Å². The lowest BCUT2D eigenvalue weighted by Gasteiger charge is -2.07. The largest absolute Gasteiger partial charge is 0.383 e. The van der Waals surface area contributed by atoms with Gasteiger partial charge < -0.3 is 10.1 Å². The van der Waals surface area contributed by atoms with Crippen LogP contribution in [0.3, 0.4) is 0 Å². The number of nitrogens with one attached hydrogen (secondary N) is 1. The maximum absolute atomic E-state index is 5.85. The number of alkyl halides is 1. The molecule has 0 radical (unpaired) electrons. The summed E-state index contributed by atoms with van der Waals surface area (Å²) in [4.78, 5) is 0. The van der Waals surface area contributed by atoms with Gasteiger partial charge in [-0.15, -0.1) is 11.6 Å². The zero-order valence-corrected chi connectivity index (χ0v) is 7.90. The van der Waals surface area contributed by atoms with Crippen molar-refractivity contribution in [1.29, 1.82) is 0 Å². The first kappa shape index (κ1) is 11.0. The normalized spacial score (nSPS) is 14.1. The predicted molar refractivity (Wildman–Crippen MR) is 49.2 cm³/mol. The molecule has 3 heteroatoms. The number of rotatable bonds is 6. The molecular weight excluding hydrogens is 162 g/mol. The lowest BCUT2D eigenvalue weighted by molar-refractivity contribution is 0.197. The first-order valence-electron chi connectivity index (χ1n) is 3.76. The van der Waals surface area contributed by atoms with Crippen molar-refractivity contribution < 1.29 is 4.74 Å². The van der Waals surface area contributed by atoms with Crippen LogP contribution in [-0.2, 0) is 4.74 Å². The minimum Gasteiger partial charge on any atom is -0.383 e. The summed E-state index contributed by atoms with van der Waals surface area (Å²) >= 11 is 5.85. The summed E-state index contributed by atoms with van der Waals surface area (Å²) in [5.41, 5.74) is 0. The van der Waals surface area contributed by atoms with E-state index in [1.54, 1.807) is 7.11 Å². The molecule has 0 bridgehead atoms. The van der Waals surface area contributed by atoms with Gasteiger partial charge in [-0.2, -0.15) is 0 Å². The Morgan fingerprint density at radius 2 is 2.36 bits per heavy atom. The van der Waals surface area contributed by atoms with E-state index in [1.165, 1.54) is 0 Å². The standard InChI is InChI=1S/C8H16ClNO/c1-3-4-5-10-6-8(9)7-11-2/h3-4,8,10H,5-7H2,1-2H3/b4-3+. The maximum Gasteiger partial charge on any atom is 0.0694 e. The second-order valence-electron chi connectivity index (χ2n) is 2.28. The summed E-state index contributed by atoms with van der Waals surface area (Å²) in [6.07, 6.45) is 4.06. The number of ether oxygens (including phenoxy) is 1. The molecule has 0 spiro atoms. The van der Waals surface area contributed by atoms with E-state index < -0.39 is 0 Å². The van der Waals surface area contributed by atoms with Gasteiger partial charge in [-0.3, -0.25) is 0 Å². The Hall–Kier alpha value is -0.0500. The highest BCUT2D eigenvalue weighted by Gasteiger charge is 2.00. The van der Waals surface area contributed by atoms with Crippen LogP contribution in [0.25, 0.3) is 0 Å². The molecule has 66 valence electrons. The number of hydrogen-bond acceptors (Lipinski definition) is 2. The molecular formula is C8H16ClNO. The molecule has 0 saturated heterocycles. The van der Waals surface area contributed by atoms with Crippen molar-refractivity contribution >= 4 is 11.6 Å². The molecule has 0 aliphatic heterocycles. The van der Waals surface area contributed by atoms with Crippen molar-refractivity contribution in [1.82, 2.24) is 5.32 Å². The van der Waals surface area contributed by atoms with Crippen molar-refractivity contribution in [2.45, 2.75) is 12.3 Å². The van der Waals surface area contributed by atoms with Gasteiger partial charge in [-0.25, -0.2) is 0 Å². The van der Waals surface area contributed by atoms with Gasteiger partial charge in [0.2, 0.25) is 0 Å². The molecule has 2 nitrogen and oxygen atoms in total. The summed E-state index contributed by atoms with van der Waals surface area (Å²) in [6.45, 7) is 4.27. The van der Waals surface area contributed by atoms with Crippen LogP contribution in [-0.4, -0.2) is 32.2 Å². The van der Waals surface area contributed by atoms with Crippen LogP contribution in [0, 0.1) is 0 Å². The molecule has 0 aromatic carbocycles. The molecule has 11 heavy (non-hydrogen) atoms. The van der Waals surface area contributed by atoms with Crippen molar-refractivity contribution in [3.8, 4) is 0 Å². The smallest absolute Gasteiger partial charge is 0.0694 e. The Balaban J connectivity index is 3.10. The van der Waals surface area contributed by atoms with E-state index in [2.05, 4.69) is 11.4 Å². The average molecular weight is 178 g/mol. The molecule has 0 heterocycles. The van der Waals surface area contributed by atoms with Gasteiger partial charge >= 0.3 is 0 Å². The summed E-state index contributed by atoms with van der Waals surface area (Å²) in [7, 11) is 1.65. The summed E-state index contributed by atoms with van der Waals surface area (Å²) in [6, 6.07) is 0. The highest BCUT2D eigenvalue weighted by molar-refractivity contribution is 6.20. The molecule has 0 aromatic rings. The monoisotopic (exact) mass is 177 g/mol. The first-order chi connectivity index (χ1) is 5.31. The fraction of sp³-hybridized carbons (Fsp3) is 0.750. The van der Waals surface area contributed by atoms with Gasteiger partial charge in [0.05, 0.1) is 12.0 Å². The SMILES string of the molecule is C/C=C/CNCC(Cl)COC. The lowest BCUT2D eigenvalue weighted by atomic mass is 10.4.